The Hall–Kier alpha value is -2.92. The minimum Gasteiger partial charge on any atom is -0.348 e. The molecular formula is C23H28N4O. The van der Waals surface area contributed by atoms with Gasteiger partial charge in [-0.3, -0.25) is 4.79 Å². The second kappa shape index (κ2) is 8.85. The molecule has 0 radical (unpaired) electrons. The van der Waals surface area contributed by atoms with Crippen molar-refractivity contribution in [1.29, 1.82) is 0 Å². The minimum atomic E-state index is -0.632. The van der Waals surface area contributed by atoms with Gasteiger partial charge in [-0.2, -0.15) is 0 Å². The molecule has 2 aromatic carbocycles. The highest BCUT2D eigenvalue weighted by atomic mass is 16.2. The summed E-state index contributed by atoms with van der Waals surface area (Å²) in [5, 5.41) is 3.03. The minimum absolute atomic E-state index is 0.0888. The number of aryl methyl sites for hydroxylation is 1. The maximum atomic E-state index is 12.6. The van der Waals surface area contributed by atoms with Gasteiger partial charge in [0.1, 0.15) is 0 Å². The van der Waals surface area contributed by atoms with E-state index in [0.29, 0.717) is 6.42 Å². The average Bonchev–Trinajstić information content (AvgIpc) is 3.11. The highest BCUT2D eigenvalue weighted by Crippen LogP contribution is 2.20. The molecule has 146 valence electrons. The largest absolute Gasteiger partial charge is 0.348 e. The van der Waals surface area contributed by atoms with Crippen LogP contribution in [0.25, 0.3) is 0 Å². The van der Waals surface area contributed by atoms with Gasteiger partial charge in [0.25, 0.3) is 0 Å². The lowest BCUT2D eigenvalue weighted by molar-refractivity contribution is -0.123. The summed E-state index contributed by atoms with van der Waals surface area (Å²) in [6.07, 6.45) is 4.15. The first-order chi connectivity index (χ1) is 13.4. The van der Waals surface area contributed by atoms with Crippen LogP contribution < -0.4 is 11.1 Å². The van der Waals surface area contributed by atoms with E-state index in [-0.39, 0.29) is 11.9 Å². The van der Waals surface area contributed by atoms with E-state index in [9.17, 15) is 4.79 Å². The highest BCUT2D eigenvalue weighted by Gasteiger charge is 2.19. The third-order valence-electron chi connectivity index (χ3n) is 5.13. The molecule has 0 saturated heterocycles. The Morgan fingerprint density at radius 1 is 1.14 bits per heavy atom. The first-order valence-corrected chi connectivity index (χ1v) is 9.60. The monoisotopic (exact) mass is 376 g/mol. The lowest BCUT2D eigenvalue weighted by atomic mass is 9.98. The first-order valence-electron chi connectivity index (χ1n) is 9.60. The van der Waals surface area contributed by atoms with Gasteiger partial charge in [-0.15, -0.1) is 0 Å². The van der Waals surface area contributed by atoms with E-state index in [2.05, 4.69) is 42.3 Å². The summed E-state index contributed by atoms with van der Waals surface area (Å²) in [5.41, 5.74) is 11.7. The summed E-state index contributed by atoms with van der Waals surface area (Å²) in [7, 11) is 0. The molecule has 3 N–H and O–H groups in total. The Labute approximate surface area is 166 Å². The van der Waals surface area contributed by atoms with Crippen molar-refractivity contribution in [3.8, 4) is 0 Å². The van der Waals surface area contributed by atoms with E-state index in [1.54, 1.807) is 6.33 Å². The molecule has 0 bridgehead atoms. The van der Waals surface area contributed by atoms with Crippen molar-refractivity contribution in [2.24, 2.45) is 5.73 Å². The van der Waals surface area contributed by atoms with Gasteiger partial charge in [0, 0.05) is 19.2 Å². The summed E-state index contributed by atoms with van der Waals surface area (Å²) in [5.74, 6) is -0.161. The van der Waals surface area contributed by atoms with E-state index >= 15 is 0 Å². The second-order valence-corrected chi connectivity index (χ2v) is 7.35. The quantitative estimate of drug-likeness (QED) is 0.664. The summed E-state index contributed by atoms with van der Waals surface area (Å²) in [6.45, 7) is 6.89. The topological polar surface area (TPSA) is 72.9 Å². The third kappa shape index (κ3) is 4.87. The predicted octanol–water partition coefficient (Wildman–Crippen LogP) is 3.30. The van der Waals surface area contributed by atoms with Crippen LogP contribution in [-0.2, 0) is 17.8 Å². The summed E-state index contributed by atoms with van der Waals surface area (Å²) >= 11 is 0. The molecule has 5 nitrogen and oxygen atoms in total. The van der Waals surface area contributed by atoms with E-state index < -0.39 is 6.04 Å². The number of hydrogen-bond acceptors (Lipinski definition) is 3. The lowest BCUT2D eigenvalue weighted by Crippen LogP contribution is -2.43. The van der Waals surface area contributed by atoms with Gasteiger partial charge in [-0.1, -0.05) is 48.5 Å². The fourth-order valence-electron chi connectivity index (χ4n) is 3.35. The maximum Gasteiger partial charge on any atom is 0.237 e. The number of imidazole rings is 1. The molecule has 1 amide bonds. The average molecular weight is 377 g/mol. The number of hydrogen-bond donors (Lipinski definition) is 2. The van der Waals surface area contributed by atoms with E-state index in [4.69, 9.17) is 5.73 Å². The Morgan fingerprint density at radius 3 is 2.64 bits per heavy atom. The van der Waals surface area contributed by atoms with Crippen molar-refractivity contribution in [3.63, 3.8) is 0 Å². The molecule has 5 heteroatoms. The Balaban J connectivity index is 1.57. The zero-order valence-electron chi connectivity index (χ0n) is 16.7. The number of carbonyl (C=O) groups excluding carboxylic acids is 1. The van der Waals surface area contributed by atoms with Gasteiger partial charge in [-0.05, 0) is 43.0 Å². The van der Waals surface area contributed by atoms with Crippen molar-refractivity contribution in [3.05, 3.63) is 89.0 Å². The van der Waals surface area contributed by atoms with E-state index in [1.807, 2.05) is 48.0 Å². The normalized spacial score (nSPS) is 13.1. The smallest absolute Gasteiger partial charge is 0.237 e. The van der Waals surface area contributed by atoms with E-state index in [0.717, 1.165) is 17.8 Å². The molecule has 0 aliphatic heterocycles. The molecule has 3 aromatic rings. The van der Waals surface area contributed by atoms with Crippen LogP contribution in [0.15, 0.2) is 61.1 Å². The fourth-order valence-corrected chi connectivity index (χ4v) is 3.35. The van der Waals surface area contributed by atoms with Crippen molar-refractivity contribution in [2.45, 2.75) is 45.8 Å². The van der Waals surface area contributed by atoms with Gasteiger partial charge in [0.15, 0.2) is 0 Å². The summed E-state index contributed by atoms with van der Waals surface area (Å²) in [6, 6.07) is 15.6. The highest BCUT2D eigenvalue weighted by molar-refractivity contribution is 5.82. The predicted molar refractivity (Wildman–Crippen MR) is 112 cm³/mol. The lowest BCUT2D eigenvalue weighted by Gasteiger charge is -2.20. The van der Waals surface area contributed by atoms with Gasteiger partial charge in [0.05, 0.1) is 24.1 Å². The molecule has 3 rings (SSSR count). The van der Waals surface area contributed by atoms with Crippen molar-refractivity contribution < 1.29 is 4.79 Å². The van der Waals surface area contributed by atoms with Crippen molar-refractivity contribution in [2.75, 3.05) is 0 Å². The van der Waals surface area contributed by atoms with Crippen LogP contribution in [0.5, 0.6) is 0 Å². The second-order valence-electron chi connectivity index (χ2n) is 7.35. The zero-order chi connectivity index (χ0) is 20.1. The Bertz CT molecular complexity index is 933. The molecule has 28 heavy (non-hydrogen) atoms. The van der Waals surface area contributed by atoms with Gasteiger partial charge >= 0.3 is 0 Å². The zero-order valence-corrected chi connectivity index (χ0v) is 16.7. The molecule has 2 atom stereocenters. The summed E-state index contributed by atoms with van der Waals surface area (Å²) in [4.78, 5) is 17.0. The van der Waals surface area contributed by atoms with Crippen LogP contribution in [0, 0.1) is 13.8 Å². The molecule has 0 aliphatic carbocycles. The number of rotatable bonds is 7. The standard InChI is InChI=1S/C23H28N4O/c1-16-8-7-11-21(17(16)2)18(3)26-23(28)22(24)12-20-14-27(15-25-20)13-19-9-5-4-6-10-19/h4-11,14-15,18,22H,12-13,24H2,1-3H3,(H,26,28)/t18?,22-/m0/s1. The van der Waals surface area contributed by atoms with Gasteiger partial charge < -0.3 is 15.6 Å². The molecule has 1 aromatic heterocycles. The van der Waals surface area contributed by atoms with Gasteiger partial charge in [0.2, 0.25) is 5.91 Å². The van der Waals surface area contributed by atoms with Gasteiger partial charge in [-0.25, -0.2) is 4.98 Å². The summed E-state index contributed by atoms with van der Waals surface area (Å²) < 4.78 is 2.01. The molecular weight excluding hydrogens is 348 g/mol. The number of benzene rings is 2. The van der Waals surface area contributed by atoms with Crippen LogP contribution in [0.4, 0.5) is 0 Å². The number of carbonyl (C=O) groups is 1. The van der Waals surface area contributed by atoms with E-state index in [1.165, 1.54) is 16.7 Å². The molecule has 0 aliphatic rings. The van der Waals surface area contributed by atoms with Crippen molar-refractivity contribution in [1.82, 2.24) is 14.9 Å². The molecule has 1 heterocycles. The molecule has 0 saturated carbocycles. The number of nitrogens with zero attached hydrogens (tertiary/aromatic N) is 2. The van der Waals surface area contributed by atoms with Crippen LogP contribution in [-0.4, -0.2) is 21.5 Å². The number of aromatic nitrogens is 2. The fraction of sp³-hybridized carbons (Fsp3) is 0.304. The van der Waals surface area contributed by atoms with Crippen molar-refractivity contribution >= 4 is 5.91 Å². The van der Waals surface area contributed by atoms with Crippen LogP contribution in [0.1, 0.15) is 40.9 Å². The third-order valence-corrected chi connectivity index (χ3v) is 5.13. The molecule has 1 unspecified atom stereocenters. The number of amides is 1. The number of nitrogens with two attached hydrogens (primary N) is 1. The van der Waals surface area contributed by atoms with Crippen LogP contribution >= 0.6 is 0 Å². The molecule has 0 fully saturated rings. The number of nitrogens with one attached hydrogen (secondary N) is 1. The SMILES string of the molecule is Cc1cccc(C(C)NC(=O)[C@@H](N)Cc2cn(Cc3ccccc3)cn2)c1C. The Kier molecular flexibility index (Phi) is 6.26. The molecule has 0 spiro atoms. The maximum absolute atomic E-state index is 12.6. The first kappa shape index (κ1) is 19.8. The van der Waals surface area contributed by atoms with Crippen LogP contribution in [0.2, 0.25) is 0 Å². The Morgan fingerprint density at radius 2 is 1.89 bits per heavy atom. The van der Waals surface area contributed by atoms with Crippen LogP contribution in [0.3, 0.4) is 0 Å².